The van der Waals surface area contributed by atoms with Gasteiger partial charge in [-0.15, -0.1) is 0 Å². The third-order valence-corrected chi connectivity index (χ3v) is 4.42. The van der Waals surface area contributed by atoms with Crippen LogP contribution >= 0.6 is 0 Å². The number of aliphatic hydroxyl groups excluding tert-OH is 1. The molecule has 2 aliphatic carbocycles. The second-order valence-corrected chi connectivity index (χ2v) is 6.52. The zero-order valence-electron chi connectivity index (χ0n) is 11.6. The van der Waals surface area contributed by atoms with Gasteiger partial charge in [0, 0.05) is 12.6 Å². The fourth-order valence-electron chi connectivity index (χ4n) is 2.99. The van der Waals surface area contributed by atoms with Crippen molar-refractivity contribution in [2.75, 3.05) is 13.1 Å². The molecule has 0 saturated heterocycles. The Balaban J connectivity index is 1.81. The van der Waals surface area contributed by atoms with Crippen molar-refractivity contribution >= 4 is 0 Å². The summed E-state index contributed by atoms with van der Waals surface area (Å²) in [6.45, 7) is 6.71. The number of rotatable bonds is 7. The Morgan fingerprint density at radius 1 is 1.12 bits per heavy atom. The first-order valence-electron chi connectivity index (χ1n) is 7.59. The van der Waals surface area contributed by atoms with Crippen LogP contribution in [0.4, 0.5) is 0 Å². The van der Waals surface area contributed by atoms with Crippen LogP contribution < -0.4 is 0 Å². The second-order valence-electron chi connectivity index (χ2n) is 6.52. The highest BCUT2D eigenvalue weighted by molar-refractivity contribution is 4.86. The third-order valence-electron chi connectivity index (χ3n) is 4.42. The Labute approximate surface area is 106 Å². The summed E-state index contributed by atoms with van der Waals surface area (Å²) in [5.74, 6) is 1.40. The lowest BCUT2D eigenvalue weighted by molar-refractivity contribution is 0.0707. The van der Waals surface area contributed by atoms with Crippen molar-refractivity contribution < 1.29 is 5.11 Å². The molecule has 0 aliphatic heterocycles. The van der Waals surface area contributed by atoms with Crippen LogP contribution in [0.15, 0.2) is 0 Å². The molecule has 0 radical (unpaired) electrons. The van der Waals surface area contributed by atoms with Crippen LogP contribution in [0.2, 0.25) is 0 Å². The van der Waals surface area contributed by atoms with Crippen LogP contribution in [0.1, 0.15) is 58.8 Å². The van der Waals surface area contributed by atoms with E-state index in [2.05, 4.69) is 18.7 Å². The molecule has 2 heteroatoms. The highest BCUT2D eigenvalue weighted by Crippen LogP contribution is 2.34. The van der Waals surface area contributed by atoms with E-state index in [1.54, 1.807) is 0 Å². The van der Waals surface area contributed by atoms with Crippen LogP contribution in [0.3, 0.4) is 0 Å². The number of nitrogens with zero attached hydrogens (tertiary/aromatic N) is 1. The van der Waals surface area contributed by atoms with Gasteiger partial charge in [-0.05, 0) is 50.5 Å². The van der Waals surface area contributed by atoms with Gasteiger partial charge in [-0.25, -0.2) is 0 Å². The molecule has 0 heterocycles. The van der Waals surface area contributed by atoms with Crippen LogP contribution in [-0.4, -0.2) is 35.2 Å². The summed E-state index contributed by atoms with van der Waals surface area (Å²) in [5.41, 5.74) is 0. The van der Waals surface area contributed by atoms with E-state index in [-0.39, 0.29) is 6.10 Å². The molecule has 1 N–H and O–H groups in total. The molecule has 0 bridgehead atoms. The summed E-state index contributed by atoms with van der Waals surface area (Å²) in [4.78, 5) is 2.59. The summed E-state index contributed by atoms with van der Waals surface area (Å²) in [6.07, 6.45) is 9.22. The smallest absolute Gasteiger partial charge is 0.0695 e. The predicted molar refractivity (Wildman–Crippen MR) is 72.0 cm³/mol. The van der Waals surface area contributed by atoms with Crippen molar-refractivity contribution in [3.63, 3.8) is 0 Å². The molecule has 0 aromatic heterocycles. The quantitative estimate of drug-likeness (QED) is 0.738. The molecule has 2 saturated carbocycles. The molecular formula is C15H29NO. The SMILES string of the molecule is CC(C)CCN(CC(O)C1CC1)C1CCCC1. The first-order chi connectivity index (χ1) is 8.16. The van der Waals surface area contributed by atoms with Gasteiger partial charge in [-0.1, -0.05) is 26.7 Å². The molecular weight excluding hydrogens is 210 g/mol. The van der Waals surface area contributed by atoms with Crippen molar-refractivity contribution in [2.24, 2.45) is 11.8 Å². The summed E-state index contributed by atoms with van der Waals surface area (Å²) >= 11 is 0. The normalized spacial score (nSPS) is 23.8. The van der Waals surface area contributed by atoms with E-state index in [0.717, 1.165) is 18.5 Å². The van der Waals surface area contributed by atoms with E-state index in [1.807, 2.05) is 0 Å². The summed E-state index contributed by atoms with van der Waals surface area (Å²) in [5, 5.41) is 10.1. The van der Waals surface area contributed by atoms with Gasteiger partial charge in [0.15, 0.2) is 0 Å². The van der Waals surface area contributed by atoms with Crippen molar-refractivity contribution in [3.8, 4) is 0 Å². The fourth-order valence-corrected chi connectivity index (χ4v) is 2.99. The maximum Gasteiger partial charge on any atom is 0.0695 e. The highest BCUT2D eigenvalue weighted by atomic mass is 16.3. The number of aliphatic hydroxyl groups is 1. The van der Waals surface area contributed by atoms with Gasteiger partial charge in [0.05, 0.1) is 6.10 Å². The van der Waals surface area contributed by atoms with E-state index >= 15 is 0 Å². The standard InChI is InChI=1S/C15H29NO/c1-12(2)9-10-16(14-5-3-4-6-14)11-15(17)13-7-8-13/h12-15,17H,3-11H2,1-2H3. The summed E-state index contributed by atoms with van der Waals surface area (Å²) in [7, 11) is 0. The van der Waals surface area contributed by atoms with Crippen molar-refractivity contribution in [3.05, 3.63) is 0 Å². The third kappa shape index (κ3) is 4.26. The minimum atomic E-state index is -0.0530. The maximum atomic E-state index is 10.1. The molecule has 0 amide bonds. The molecule has 100 valence electrons. The van der Waals surface area contributed by atoms with Gasteiger partial charge in [0.25, 0.3) is 0 Å². The van der Waals surface area contributed by atoms with E-state index in [1.165, 1.54) is 51.5 Å². The molecule has 2 aliphatic rings. The van der Waals surface area contributed by atoms with Gasteiger partial charge < -0.3 is 5.11 Å². The molecule has 2 fully saturated rings. The van der Waals surface area contributed by atoms with Crippen LogP contribution in [0.25, 0.3) is 0 Å². The Morgan fingerprint density at radius 3 is 2.29 bits per heavy atom. The van der Waals surface area contributed by atoms with Crippen LogP contribution in [-0.2, 0) is 0 Å². The fraction of sp³-hybridized carbons (Fsp3) is 1.00. The Kier molecular flexibility index (Phi) is 4.87. The molecule has 17 heavy (non-hydrogen) atoms. The maximum absolute atomic E-state index is 10.1. The summed E-state index contributed by atoms with van der Waals surface area (Å²) < 4.78 is 0. The topological polar surface area (TPSA) is 23.5 Å². The first-order valence-corrected chi connectivity index (χ1v) is 7.59. The van der Waals surface area contributed by atoms with Gasteiger partial charge in [-0.2, -0.15) is 0 Å². The van der Waals surface area contributed by atoms with Gasteiger partial charge in [0.1, 0.15) is 0 Å². The van der Waals surface area contributed by atoms with E-state index in [0.29, 0.717) is 5.92 Å². The lowest BCUT2D eigenvalue weighted by atomic mass is 10.1. The molecule has 0 aromatic carbocycles. The van der Waals surface area contributed by atoms with Gasteiger partial charge in [0.2, 0.25) is 0 Å². The van der Waals surface area contributed by atoms with Crippen molar-refractivity contribution in [1.29, 1.82) is 0 Å². The van der Waals surface area contributed by atoms with Gasteiger partial charge >= 0.3 is 0 Å². The zero-order chi connectivity index (χ0) is 12.3. The average Bonchev–Trinajstić information content (AvgIpc) is 3.00. The summed E-state index contributed by atoms with van der Waals surface area (Å²) in [6, 6.07) is 0.766. The monoisotopic (exact) mass is 239 g/mol. The van der Waals surface area contributed by atoms with E-state index in [9.17, 15) is 5.11 Å². The second kappa shape index (κ2) is 6.19. The molecule has 0 aromatic rings. The van der Waals surface area contributed by atoms with E-state index in [4.69, 9.17) is 0 Å². The zero-order valence-corrected chi connectivity index (χ0v) is 11.6. The highest BCUT2D eigenvalue weighted by Gasteiger charge is 2.33. The molecule has 1 atom stereocenters. The van der Waals surface area contributed by atoms with Crippen LogP contribution in [0.5, 0.6) is 0 Å². The van der Waals surface area contributed by atoms with Crippen LogP contribution in [0, 0.1) is 11.8 Å². The Hall–Kier alpha value is -0.0800. The lowest BCUT2D eigenvalue weighted by Gasteiger charge is -2.31. The lowest BCUT2D eigenvalue weighted by Crippen LogP contribution is -2.40. The molecule has 1 unspecified atom stereocenters. The average molecular weight is 239 g/mol. The molecule has 2 rings (SSSR count). The van der Waals surface area contributed by atoms with Crippen molar-refractivity contribution in [1.82, 2.24) is 4.90 Å². The number of hydrogen-bond acceptors (Lipinski definition) is 2. The van der Waals surface area contributed by atoms with E-state index < -0.39 is 0 Å². The molecule has 0 spiro atoms. The minimum absolute atomic E-state index is 0.0530. The Bertz CT molecular complexity index is 219. The molecule has 2 nitrogen and oxygen atoms in total. The largest absolute Gasteiger partial charge is 0.392 e. The predicted octanol–water partition coefficient (Wildman–Crippen LogP) is 3.05. The minimum Gasteiger partial charge on any atom is -0.392 e. The van der Waals surface area contributed by atoms with Gasteiger partial charge in [-0.3, -0.25) is 4.90 Å². The number of hydrogen-bond donors (Lipinski definition) is 1. The van der Waals surface area contributed by atoms with Crippen molar-refractivity contribution in [2.45, 2.75) is 70.9 Å². The first kappa shape index (κ1) is 13.4. The Morgan fingerprint density at radius 2 is 1.76 bits per heavy atom.